The molecule has 0 radical (unpaired) electrons. The molecule has 1 saturated carbocycles. The van der Waals surface area contributed by atoms with Gasteiger partial charge in [0.1, 0.15) is 0 Å². The lowest BCUT2D eigenvalue weighted by Crippen LogP contribution is -2.48. The minimum absolute atomic E-state index is 0.0588. The number of hydrogen-bond donors (Lipinski definition) is 0. The first-order chi connectivity index (χ1) is 15.6. The van der Waals surface area contributed by atoms with E-state index in [9.17, 15) is 9.59 Å². The number of amides is 2. The Labute approximate surface area is 196 Å². The van der Waals surface area contributed by atoms with Gasteiger partial charge in [-0.3, -0.25) is 9.59 Å². The second kappa shape index (κ2) is 10.7. The van der Waals surface area contributed by atoms with Gasteiger partial charge in [0.25, 0.3) is 0 Å². The topological polar surface area (TPSA) is 40.6 Å². The quantitative estimate of drug-likeness (QED) is 0.537. The fourth-order valence-electron chi connectivity index (χ4n) is 5.29. The molecular formula is C27H36N2O2S. The maximum absolute atomic E-state index is 13.7. The number of thiophene rings is 1. The zero-order valence-electron chi connectivity index (χ0n) is 19.5. The van der Waals surface area contributed by atoms with Gasteiger partial charge in [-0.1, -0.05) is 56.9 Å². The molecule has 4 nitrogen and oxygen atoms in total. The third-order valence-corrected chi connectivity index (χ3v) is 8.14. The Hall–Kier alpha value is -2.14. The summed E-state index contributed by atoms with van der Waals surface area (Å²) < 4.78 is 0. The molecule has 2 amide bonds. The number of carbonyl (C=O) groups is 2. The van der Waals surface area contributed by atoms with Gasteiger partial charge in [-0.15, -0.1) is 11.3 Å². The molecule has 1 unspecified atom stereocenters. The number of benzene rings is 1. The molecule has 1 atom stereocenters. The third-order valence-electron chi connectivity index (χ3n) is 7.14. The summed E-state index contributed by atoms with van der Waals surface area (Å²) in [5.41, 5.74) is 3.65. The van der Waals surface area contributed by atoms with Gasteiger partial charge in [0.2, 0.25) is 11.8 Å². The van der Waals surface area contributed by atoms with Crippen LogP contribution in [0.5, 0.6) is 0 Å². The summed E-state index contributed by atoms with van der Waals surface area (Å²) in [4.78, 5) is 32.3. The number of hydrogen-bond acceptors (Lipinski definition) is 3. The van der Waals surface area contributed by atoms with E-state index in [0.717, 1.165) is 44.9 Å². The normalized spacial score (nSPS) is 18.9. The molecule has 1 aromatic heterocycles. The summed E-state index contributed by atoms with van der Waals surface area (Å²) in [7, 11) is 0. The van der Waals surface area contributed by atoms with Gasteiger partial charge in [-0.25, -0.2) is 0 Å². The molecule has 0 saturated heterocycles. The Morgan fingerprint density at radius 2 is 1.88 bits per heavy atom. The van der Waals surface area contributed by atoms with Crippen molar-refractivity contribution in [3.63, 3.8) is 0 Å². The largest absolute Gasteiger partial charge is 0.333 e. The van der Waals surface area contributed by atoms with Crippen LogP contribution in [0.25, 0.3) is 0 Å². The van der Waals surface area contributed by atoms with Crippen molar-refractivity contribution >= 4 is 23.2 Å². The molecule has 2 aliphatic rings. The summed E-state index contributed by atoms with van der Waals surface area (Å²) in [6, 6.07) is 10.5. The van der Waals surface area contributed by atoms with E-state index in [1.54, 1.807) is 11.3 Å². The standard InChI is InChI=1S/C27H36N2O2S/c1-3-4-16-28(27(31)21-11-6-5-7-12-21)19-25(30)29-17-14-24-23(15-18-32-24)26(29)22-13-9-8-10-20(22)2/h8-10,13,15,18,21,26H,3-7,11-12,14,16-17,19H2,1-2H3. The number of fused-ring (bicyclic) bond motifs is 1. The predicted molar refractivity (Wildman–Crippen MR) is 131 cm³/mol. The van der Waals surface area contributed by atoms with Crippen LogP contribution >= 0.6 is 11.3 Å². The Bertz CT molecular complexity index is 931. The summed E-state index contributed by atoms with van der Waals surface area (Å²) in [5, 5.41) is 2.14. The van der Waals surface area contributed by atoms with Gasteiger partial charge in [0.15, 0.2) is 0 Å². The van der Waals surface area contributed by atoms with Gasteiger partial charge >= 0.3 is 0 Å². The molecule has 0 N–H and O–H groups in total. The van der Waals surface area contributed by atoms with Crippen LogP contribution in [0.2, 0.25) is 0 Å². The average molecular weight is 453 g/mol. The van der Waals surface area contributed by atoms with Crippen molar-refractivity contribution in [1.29, 1.82) is 0 Å². The van der Waals surface area contributed by atoms with Crippen molar-refractivity contribution in [3.05, 3.63) is 57.3 Å². The van der Waals surface area contributed by atoms with Crippen LogP contribution in [-0.4, -0.2) is 41.2 Å². The molecule has 32 heavy (non-hydrogen) atoms. The Morgan fingerprint density at radius 1 is 1.09 bits per heavy atom. The first kappa shape index (κ1) is 23.0. The van der Waals surface area contributed by atoms with Crippen molar-refractivity contribution in [2.24, 2.45) is 5.92 Å². The molecule has 172 valence electrons. The summed E-state index contributed by atoms with van der Waals surface area (Å²) in [6.07, 6.45) is 8.31. The summed E-state index contributed by atoms with van der Waals surface area (Å²) >= 11 is 1.79. The van der Waals surface area contributed by atoms with Crippen molar-refractivity contribution < 1.29 is 9.59 Å². The maximum atomic E-state index is 13.7. The minimum atomic E-state index is -0.0588. The van der Waals surface area contributed by atoms with Crippen LogP contribution in [0, 0.1) is 12.8 Å². The Kier molecular flexibility index (Phi) is 7.67. The first-order valence-corrected chi connectivity index (χ1v) is 13.2. The van der Waals surface area contributed by atoms with E-state index in [1.165, 1.54) is 28.0 Å². The van der Waals surface area contributed by atoms with Crippen LogP contribution in [0.15, 0.2) is 35.7 Å². The number of rotatable bonds is 7. The average Bonchev–Trinajstić information content (AvgIpc) is 3.30. The van der Waals surface area contributed by atoms with E-state index >= 15 is 0 Å². The highest BCUT2D eigenvalue weighted by Crippen LogP contribution is 2.39. The molecule has 1 aliphatic carbocycles. The predicted octanol–water partition coefficient (Wildman–Crippen LogP) is 5.74. The van der Waals surface area contributed by atoms with Crippen molar-refractivity contribution in [3.8, 4) is 0 Å². The number of carbonyl (C=O) groups excluding carboxylic acids is 2. The molecule has 1 fully saturated rings. The van der Waals surface area contributed by atoms with E-state index in [4.69, 9.17) is 0 Å². The number of aryl methyl sites for hydroxylation is 1. The number of unbranched alkanes of at least 4 members (excludes halogenated alkanes) is 1. The van der Waals surface area contributed by atoms with Crippen molar-refractivity contribution in [2.75, 3.05) is 19.6 Å². The SMILES string of the molecule is CCCCN(CC(=O)N1CCc2sccc2C1c1ccccc1C)C(=O)C1CCCCC1. The zero-order chi connectivity index (χ0) is 22.5. The lowest BCUT2D eigenvalue weighted by Gasteiger charge is -2.38. The van der Waals surface area contributed by atoms with Crippen LogP contribution in [0.1, 0.15) is 79.5 Å². The second-order valence-electron chi connectivity index (χ2n) is 9.34. The summed E-state index contributed by atoms with van der Waals surface area (Å²) in [6.45, 7) is 5.87. The van der Waals surface area contributed by atoms with E-state index in [-0.39, 0.29) is 30.3 Å². The molecule has 5 heteroatoms. The van der Waals surface area contributed by atoms with Crippen molar-refractivity contribution in [2.45, 2.75) is 71.3 Å². The van der Waals surface area contributed by atoms with Gasteiger partial charge < -0.3 is 9.80 Å². The van der Waals surface area contributed by atoms with E-state index in [1.807, 2.05) is 9.80 Å². The third kappa shape index (κ3) is 4.93. The van der Waals surface area contributed by atoms with Gasteiger partial charge in [-0.05, 0) is 60.7 Å². The monoisotopic (exact) mass is 452 g/mol. The van der Waals surface area contributed by atoms with Crippen LogP contribution < -0.4 is 0 Å². The Balaban J connectivity index is 1.58. The molecule has 4 rings (SSSR count). The van der Waals surface area contributed by atoms with Crippen LogP contribution in [0.3, 0.4) is 0 Å². The lowest BCUT2D eigenvalue weighted by atomic mass is 9.88. The highest BCUT2D eigenvalue weighted by molar-refractivity contribution is 7.10. The molecule has 0 bridgehead atoms. The zero-order valence-corrected chi connectivity index (χ0v) is 20.3. The number of nitrogens with zero attached hydrogens (tertiary/aromatic N) is 2. The molecule has 2 heterocycles. The molecule has 1 aromatic carbocycles. The van der Waals surface area contributed by atoms with Crippen LogP contribution in [0.4, 0.5) is 0 Å². The van der Waals surface area contributed by atoms with Gasteiger partial charge in [0.05, 0.1) is 12.6 Å². The fourth-order valence-corrected chi connectivity index (χ4v) is 6.20. The van der Waals surface area contributed by atoms with Gasteiger partial charge in [0, 0.05) is 23.9 Å². The smallest absolute Gasteiger partial charge is 0.242 e. The van der Waals surface area contributed by atoms with Gasteiger partial charge in [-0.2, -0.15) is 0 Å². The molecule has 1 aliphatic heterocycles. The molecule has 2 aromatic rings. The minimum Gasteiger partial charge on any atom is -0.333 e. The molecule has 0 spiro atoms. The van der Waals surface area contributed by atoms with Crippen LogP contribution in [-0.2, 0) is 16.0 Å². The first-order valence-electron chi connectivity index (χ1n) is 12.3. The van der Waals surface area contributed by atoms with E-state index in [2.05, 4.69) is 49.6 Å². The van der Waals surface area contributed by atoms with Crippen molar-refractivity contribution in [1.82, 2.24) is 9.80 Å². The highest BCUT2D eigenvalue weighted by atomic mass is 32.1. The lowest BCUT2D eigenvalue weighted by molar-refractivity contribution is -0.144. The Morgan fingerprint density at radius 3 is 2.62 bits per heavy atom. The molecular weight excluding hydrogens is 416 g/mol. The van der Waals surface area contributed by atoms with E-state index < -0.39 is 0 Å². The fraction of sp³-hybridized carbons (Fsp3) is 0.556. The maximum Gasteiger partial charge on any atom is 0.242 e. The second-order valence-corrected chi connectivity index (χ2v) is 10.3. The highest BCUT2D eigenvalue weighted by Gasteiger charge is 2.35. The summed E-state index contributed by atoms with van der Waals surface area (Å²) in [5.74, 6) is 0.382. The van der Waals surface area contributed by atoms with E-state index in [0.29, 0.717) is 13.1 Å².